The third kappa shape index (κ3) is 7.43. The van der Waals surface area contributed by atoms with Crippen LogP contribution in [0.25, 0.3) is 0 Å². The number of nitrogens with zero attached hydrogens (tertiary/aromatic N) is 3. The number of hydrogen-bond donors (Lipinski definition) is 1. The predicted octanol–water partition coefficient (Wildman–Crippen LogP) is 6.66. The SMILES string of the molecule is CC[Si](CC)(CC)O[C@@H]1c2cccc(OC)c2[C@@H]2C[C@@]1(C)O[C@@]21C=C(CCOS(=O)(=O)c2ccc([N+](=O)[O-])cc2)C(NS(=O)(=O)c2ccc([N+](=O)[O-])cc2)=N1. The molecule has 3 aromatic carbocycles. The van der Waals surface area contributed by atoms with Crippen LogP contribution in [0.1, 0.15) is 63.7 Å². The lowest BCUT2D eigenvalue weighted by Gasteiger charge is -2.43. The van der Waals surface area contributed by atoms with E-state index >= 15 is 0 Å². The minimum atomic E-state index is -4.39. The molecule has 2 bridgehead atoms. The number of fused-ring (bicyclic) bond motifs is 5. The number of amidine groups is 1. The molecule has 1 fully saturated rings. The van der Waals surface area contributed by atoms with E-state index in [0.717, 1.165) is 77.8 Å². The molecule has 0 radical (unpaired) electrons. The predicted molar refractivity (Wildman–Crippen MR) is 203 cm³/mol. The standard InChI is InChI=1S/C36H42N4O12S2Si/c1-6-55(7-2,8-3)51-33-29-10-9-11-31(49-5)32(29)30-23-35(33,4)52-36(30)22-24(20-21-50-54(47,48)28-18-14-26(15-19-28)40(43)44)34(37-36)38-53(45,46)27-16-12-25(13-17-27)39(41)42/h9-19,22,30,33H,6-8,20-21,23H2,1-5H3,(H,37,38)/t30-,33+,35+,36-/m0/s1. The maximum atomic E-state index is 13.8. The molecule has 2 heterocycles. The van der Waals surface area contributed by atoms with E-state index < -0.39 is 68.3 Å². The van der Waals surface area contributed by atoms with Crippen molar-refractivity contribution in [1.29, 1.82) is 0 Å². The highest BCUT2D eigenvalue weighted by molar-refractivity contribution is 7.90. The largest absolute Gasteiger partial charge is 0.496 e. The number of hydrogen-bond acceptors (Lipinski definition) is 13. The molecule has 0 unspecified atom stereocenters. The Bertz CT molecular complexity index is 2270. The third-order valence-corrected chi connectivity index (χ3v) is 18.1. The molecule has 3 aromatic rings. The number of sulfonamides is 1. The van der Waals surface area contributed by atoms with Crippen molar-refractivity contribution in [2.45, 2.75) is 91.8 Å². The second-order valence-electron chi connectivity index (χ2n) is 13.9. The van der Waals surface area contributed by atoms with Crippen LogP contribution in [0.3, 0.4) is 0 Å². The molecule has 1 saturated heterocycles. The number of nitro groups is 2. The molecule has 19 heteroatoms. The molecule has 0 saturated carbocycles. The average Bonchev–Trinajstić information content (AvgIpc) is 3.63. The van der Waals surface area contributed by atoms with E-state index in [0.29, 0.717) is 12.2 Å². The lowest BCUT2D eigenvalue weighted by molar-refractivity contribution is -0.385. The molecule has 3 aliphatic rings. The Kier molecular flexibility index (Phi) is 10.8. The van der Waals surface area contributed by atoms with Crippen molar-refractivity contribution >= 4 is 45.7 Å². The summed E-state index contributed by atoms with van der Waals surface area (Å²) < 4.78 is 81.6. The van der Waals surface area contributed by atoms with Gasteiger partial charge in [-0.1, -0.05) is 32.9 Å². The van der Waals surface area contributed by atoms with Gasteiger partial charge in [0.15, 0.2) is 14.0 Å². The molecule has 1 N–H and O–H groups in total. The quantitative estimate of drug-likeness (QED) is 0.0738. The number of non-ortho nitro benzene ring substituents is 2. The zero-order valence-corrected chi connectivity index (χ0v) is 33.5. The first-order chi connectivity index (χ1) is 26.0. The van der Waals surface area contributed by atoms with Crippen molar-refractivity contribution in [3.8, 4) is 5.75 Å². The summed E-state index contributed by atoms with van der Waals surface area (Å²) in [5.74, 6) is -0.0212. The fraction of sp³-hybridized carbons (Fsp3) is 0.417. The van der Waals surface area contributed by atoms with E-state index in [9.17, 15) is 37.1 Å². The number of ether oxygens (including phenoxy) is 2. The summed E-state index contributed by atoms with van der Waals surface area (Å²) in [6.07, 6.45) is 1.47. The molecule has 6 rings (SSSR count). The zero-order valence-electron chi connectivity index (χ0n) is 30.9. The van der Waals surface area contributed by atoms with Gasteiger partial charge in [0, 0.05) is 42.2 Å². The van der Waals surface area contributed by atoms with E-state index in [1.807, 2.05) is 25.1 Å². The summed E-state index contributed by atoms with van der Waals surface area (Å²) in [6, 6.07) is 17.0. The van der Waals surface area contributed by atoms with Gasteiger partial charge in [-0.2, -0.15) is 8.42 Å². The Balaban J connectivity index is 1.40. The van der Waals surface area contributed by atoms with Crippen molar-refractivity contribution < 1.29 is 44.8 Å². The number of methoxy groups -OCH3 is 1. The van der Waals surface area contributed by atoms with Gasteiger partial charge < -0.3 is 13.9 Å². The maximum absolute atomic E-state index is 13.8. The highest BCUT2D eigenvalue weighted by atomic mass is 32.2. The first-order valence-corrected chi connectivity index (χ1v) is 23.2. The summed E-state index contributed by atoms with van der Waals surface area (Å²) in [7, 11) is -9.43. The van der Waals surface area contributed by atoms with Crippen LogP contribution in [0.2, 0.25) is 18.1 Å². The van der Waals surface area contributed by atoms with E-state index in [2.05, 4.69) is 25.5 Å². The molecular weight excluding hydrogens is 773 g/mol. The Morgan fingerprint density at radius 2 is 1.49 bits per heavy atom. The molecule has 1 spiro atoms. The van der Waals surface area contributed by atoms with Crippen LogP contribution in [-0.2, 0) is 33.5 Å². The second kappa shape index (κ2) is 14.8. The number of nitrogens with one attached hydrogen (secondary N) is 1. The van der Waals surface area contributed by atoms with Crippen molar-refractivity contribution in [2.75, 3.05) is 13.7 Å². The van der Waals surface area contributed by atoms with Gasteiger partial charge in [-0.15, -0.1) is 0 Å². The minimum Gasteiger partial charge on any atom is -0.496 e. The van der Waals surface area contributed by atoms with Crippen molar-refractivity contribution in [3.63, 3.8) is 0 Å². The number of benzene rings is 3. The van der Waals surface area contributed by atoms with Crippen molar-refractivity contribution in [2.24, 2.45) is 4.99 Å². The van der Waals surface area contributed by atoms with Crippen LogP contribution in [0.4, 0.5) is 11.4 Å². The van der Waals surface area contributed by atoms with Gasteiger partial charge in [-0.25, -0.2) is 13.4 Å². The summed E-state index contributed by atoms with van der Waals surface area (Å²) in [5, 5.41) is 22.3. The molecule has 16 nitrogen and oxygen atoms in total. The Morgan fingerprint density at radius 1 is 0.909 bits per heavy atom. The van der Waals surface area contributed by atoms with E-state index in [1.54, 1.807) is 13.2 Å². The van der Waals surface area contributed by atoms with Crippen LogP contribution < -0.4 is 9.46 Å². The molecule has 1 aliphatic carbocycles. The summed E-state index contributed by atoms with van der Waals surface area (Å²) in [5.41, 5.74) is -1.02. The third-order valence-electron chi connectivity index (χ3n) is 10.8. The molecule has 2 aliphatic heterocycles. The van der Waals surface area contributed by atoms with Gasteiger partial charge in [-0.05, 0) is 79.0 Å². The topological polar surface area (TPSA) is 216 Å². The fourth-order valence-electron chi connectivity index (χ4n) is 7.72. The maximum Gasteiger partial charge on any atom is 0.296 e. The minimum absolute atomic E-state index is 0.126. The van der Waals surface area contributed by atoms with E-state index in [4.69, 9.17) is 23.1 Å². The monoisotopic (exact) mass is 814 g/mol. The molecule has 0 aromatic heterocycles. The first-order valence-electron chi connectivity index (χ1n) is 17.7. The number of nitro benzene ring substituents is 2. The molecule has 55 heavy (non-hydrogen) atoms. The Hall–Kier alpha value is -4.53. The smallest absolute Gasteiger partial charge is 0.296 e. The van der Waals surface area contributed by atoms with Gasteiger partial charge in [0.2, 0.25) is 0 Å². The van der Waals surface area contributed by atoms with E-state index in [1.165, 1.54) is 0 Å². The zero-order chi connectivity index (χ0) is 40.0. The van der Waals surface area contributed by atoms with Gasteiger partial charge in [0.05, 0.1) is 45.1 Å². The van der Waals surface area contributed by atoms with E-state index in [-0.39, 0.29) is 39.0 Å². The fourth-order valence-corrected chi connectivity index (χ4v) is 12.5. The lowest BCUT2D eigenvalue weighted by atomic mass is 9.72. The first kappa shape index (κ1) is 40.1. The molecule has 4 atom stereocenters. The van der Waals surface area contributed by atoms with Crippen LogP contribution in [0.15, 0.2) is 93.2 Å². The number of rotatable bonds is 15. The van der Waals surface area contributed by atoms with Crippen LogP contribution >= 0.6 is 0 Å². The van der Waals surface area contributed by atoms with Gasteiger partial charge in [-0.3, -0.25) is 29.1 Å². The molecule has 0 amide bonds. The number of aliphatic imine (C=N–C) groups is 1. The normalized spacial score (nSPS) is 23.2. The van der Waals surface area contributed by atoms with Gasteiger partial charge >= 0.3 is 0 Å². The second-order valence-corrected chi connectivity index (χ2v) is 21.9. The van der Waals surface area contributed by atoms with Crippen LogP contribution in [-0.4, -0.2) is 65.9 Å². The average molecular weight is 815 g/mol. The summed E-state index contributed by atoms with van der Waals surface area (Å²) in [6.45, 7) is 7.93. The van der Waals surface area contributed by atoms with Gasteiger partial charge in [0.1, 0.15) is 11.6 Å². The van der Waals surface area contributed by atoms with Crippen molar-refractivity contribution in [1.82, 2.24) is 4.72 Å². The summed E-state index contributed by atoms with van der Waals surface area (Å²) in [4.78, 5) is 25.4. The molecular formula is C36H42N4O12S2Si. The Morgan fingerprint density at radius 3 is 2.04 bits per heavy atom. The van der Waals surface area contributed by atoms with Crippen LogP contribution in [0, 0.1) is 20.2 Å². The molecule has 294 valence electrons. The summed E-state index contributed by atoms with van der Waals surface area (Å²) >= 11 is 0. The highest BCUT2D eigenvalue weighted by Gasteiger charge is 2.64. The Labute approximate surface area is 320 Å². The van der Waals surface area contributed by atoms with Gasteiger partial charge in [0.25, 0.3) is 31.5 Å². The lowest BCUT2D eigenvalue weighted by Crippen LogP contribution is -2.46. The van der Waals surface area contributed by atoms with Crippen molar-refractivity contribution in [3.05, 3.63) is 110 Å². The highest BCUT2D eigenvalue weighted by Crippen LogP contribution is 2.63. The van der Waals surface area contributed by atoms with Crippen LogP contribution in [0.5, 0.6) is 5.75 Å².